The highest BCUT2D eigenvalue weighted by molar-refractivity contribution is 7.90. The van der Waals surface area contributed by atoms with Gasteiger partial charge in [-0.05, 0) is 73.0 Å². The van der Waals surface area contributed by atoms with Crippen molar-refractivity contribution >= 4 is 44.2 Å². The van der Waals surface area contributed by atoms with Gasteiger partial charge in [-0.25, -0.2) is 13.1 Å². The third-order valence-electron chi connectivity index (χ3n) is 6.62. The normalized spacial score (nSPS) is 11.9. The van der Waals surface area contributed by atoms with E-state index in [-0.39, 0.29) is 17.2 Å². The largest absolute Gasteiger partial charge is 0.343 e. The van der Waals surface area contributed by atoms with Gasteiger partial charge in [0.25, 0.3) is 15.9 Å². The molecule has 1 atom stereocenters. The second-order valence-electron chi connectivity index (χ2n) is 9.27. The van der Waals surface area contributed by atoms with E-state index < -0.39 is 27.8 Å². The number of carbonyl (C=O) groups is 3. The zero-order chi connectivity index (χ0) is 28.7. The van der Waals surface area contributed by atoms with Crippen LogP contribution < -0.4 is 10.0 Å². The molecular weight excluding hydrogens is 526 g/mol. The van der Waals surface area contributed by atoms with Crippen molar-refractivity contribution in [3.05, 3.63) is 108 Å². The van der Waals surface area contributed by atoms with Crippen molar-refractivity contribution in [1.82, 2.24) is 9.62 Å². The number of benzene rings is 4. The monoisotopic (exact) mass is 557 g/mol. The summed E-state index contributed by atoms with van der Waals surface area (Å²) in [6, 6.07) is 27.4. The van der Waals surface area contributed by atoms with Crippen LogP contribution in [0.25, 0.3) is 10.8 Å². The van der Waals surface area contributed by atoms with Crippen LogP contribution in [0.2, 0.25) is 0 Å². The minimum absolute atomic E-state index is 0.0521. The van der Waals surface area contributed by atoms with Gasteiger partial charge in [-0.3, -0.25) is 14.4 Å². The number of hydrogen-bond donors (Lipinski definition) is 2. The van der Waals surface area contributed by atoms with Gasteiger partial charge in [-0.15, -0.1) is 0 Å². The van der Waals surface area contributed by atoms with Gasteiger partial charge in [0.15, 0.2) is 0 Å². The van der Waals surface area contributed by atoms with Crippen LogP contribution in [0.4, 0.5) is 5.69 Å². The molecule has 206 valence electrons. The molecular formula is C31H31N3O5S. The van der Waals surface area contributed by atoms with Crippen LogP contribution in [0, 0.1) is 5.92 Å². The van der Waals surface area contributed by atoms with E-state index in [1.54, 1.807) is 80.6 Å². The number of nitrogens with one attached hydrogen (secondary N) is 2. The number of nitrogens with zero attached hydrogens (tertiary/aromatic N) is 1. The molecule has 0 saturated heterocycles. The molecule has 4 aromatic carbocycles. The Morgan fingerprint density at radius 2 is 1.45 bits per heavy atom. The number of amides is 3. The van der Waals surface area contributed by atoms with E-state index in [1.807, 2.05) is 18.2 Å². The van der Waals surface area contributed by atoms with Crippen molar-refractivity contribution in [3.8, 4) is 0 Å². The molecule has 0 saturated carbocycles. The molecule has 0 spiro atoms. The Morgan fingerprint density at radius 1 is 0.775 bits per heavy atom. The third-order valence-corrected chi connectivity index (χ3v) is 7.96. The molecule has 0 heterocycles. The Balaban J connectivity index is 1.58. The number of rotatable bonds is 10. The molecule has 3 amide bonds. The first-order chi connectivity index (χ1) is 19.2. The maximum Gasteiger partial charge on any atom is 0.264 e. The minimum atomic E-state index is -4.24. The fraction of sp³-hybridized carbons (Fsp3) is 0.194. The number of anilines is 1. The van der Waals surface area contributed by atoms with Gasteiger partial charge >= 0.3 is 0 Å². The van der Waals surface area contributed by atoms with Gasteiger partial charge in [0.1, 0.15) is 5.92 Å². The Morgan fingerprint density at radius 3 is 2.15 bits per heavy atom. The molecule has 0 bridgehead atoms. The molecule has 8 nitrogen and oxygen atoms in total. The van der Waals surface area contributed by atoms with E-state index in [0.717, 1.165) is 5.39 Å². The lowest BCUT2D eigenvalue weighted by Gasteiger charge is -2.25. The average Bonchev–Trinajstić information content (AvgIpc) is 2.96. The molecule has 4 aromatic rings. The second kappa shape index (κ2) is 12.6. The molecule has 0 aliphatic carbocycles. The van der Waals surface area contributed by atoms with Crippen LogP contribution in [0.5, 0.6) is 0 Å². The maximum absolute atomic E-state index is 13.4. The van der Waals surface area contributed by atoms with Crippen molar-refractivity contribution in [1.29, 1.82) is 0 Å². The summed E-state index contributed by atoms with van der Waals surface area (Å²) in [7, 11) is -4.24. The Kier molecular flexibility index (Phi) is 8.96. The van der Waals surface area contributed by atoms with E-state index in [4.69, 9.17) is 0 Å². The number of sulfonamides is 1. The van der Waals surface area contributed by atoms with Crippen LogP contribution in [-0.2, 0) is 26.0 Å². The lowest BCUT2D eigenvalue weighted by Crippen LogP contribution is -2.46. The van der Waals surface area contributed by atoms with E-state index in [0.29, 0.717) is 35.3 Å². The lowest BCUT2D eigenvalue weighted by atomic mass is 9.96. The summed E-state index contributed by atoms with van der Waals surface area (Å²) in [5.74, 6) is -2.98. The Bertz CT molecular complexity index is 1630. The van der Waals surface area contributed by atoms with Crippen LogP contribution >= 0.6 is 0 Å². The standard InChI is InChI=1S/C31H31N3O5S/c1-3-34(4-2)31(37)28(20-22-11-10-16-26(19-22)32-29(35)24-13-6-5-7-14-24)30(36)33-40(38,39)27-18-17-23-12-8-9-15-25(23)21-27/h5-19,21,28H,3-4,20H2,1-2H3,(H,32,35)(H,33,36). The minimum Gasteiger partial charge on any atom is -0.343 e. The van der Waals surface area contributed by atoms with E-state index in [2.05, 4.69) is 10.0 Å². The fourth-order valence-electron chi connectivity index (χ4n) is 4.45. The smallest absolute Gasteiger partial charge is 0.264 e. The maximum atomic E-state index is 13.4. The van der Waals surface area contributed by atoms with Crippen molar-refractivity contribution in [2.45, 2.75) is 25.2 Å². The molecule has 40 heavy (non-hydrogen) atoms. The molecule has 1 unspecified atom stereocenters. The molecule has 0 radical (unpaired) electrons. The highest BCUT2D eigenvalue weighted by Crippen LogP contribution is 2.21. The molecule has 4 rings (SSSR count). The topological polar surface area (TPSA) is 113 Å². The van der Waals surface area contributed by atoms with Crippen molar-refractivity contribution < 1.29 is 22.8 Å². The van der Waals surface area contributed by atoms with E-state index >= 15 is 0 Å². The summed E-state index contributed by atoms with van der Waals surface area (Å²) in [6.45, 7) is 4.32. The number of hydrogen-bond acceptors (Lipinski definition) is 5. The lowest BCUT2D eigenvalue weighted by molar-refractivity contribution is -0.141. The summed E-state index contributed by atoms with van der Waals surface area (Å²) in [5, 5.41) is 4.39. The van der Waals surface area contributed by atoms with Gasteiger partial charge in [-0.2, -0.15) is 0 Å². The molecule has 0 aromatic heterocycles. The van der Waals surface area contributed by atoms with Crippen LogP contribution in [0.1, 0.15) is 29.8 Å². The first-order valence-electron chi connectivity index (χ1n) is 13.0. The molecule has 0 aliphatic rings. The third kappa shape index (κ3) is 6.73. The van der Waals surface area contributed by atoms with Crippen LogP contribution in [0.15, 0.2) is 102 Å². The van der Waals surface area contributed by atoms with E-state index in [1.165, 1.54) is 17.0 Å². The predicted molar refractivity (Wildman–Crippen MR) is 155 cm³/mol. The van der Waals surface area contributed by atoms with Crippen molar-refractivity contribution in [2.24, 2.45) is 5.92 Å². The van der Waals surface area contributed by atoms with Gasteiger partial charge in [-0.1, -0.05) is 60.7 Å². The second-order valence-corrected chi connectivity index (χ2v) is 10.9. The quantitative estimate of drug-likeness (QED) is 0.276. The summed E-state index contributed by atoms with van der Waals surface area (Å²) in [4.78, 5) is 40.8. The van der Waals surface area contributed by atoms with Crippen molar-refractivity contribution in [2.75, 3.05) is 18.4 Å². The first-order valence-corrected chi connectivity index (χ1v) is 14.5. The Hall–Kier alpha value is -4.50. The van der Waals surface area contributed by atoms with Crippen molar-refractivity contribution in [3.63, 3.8) is 0 Å². The zero-order valence-electron chi connectivity index (χ0n) is 22.3. The van der Waals surface area contributed by atoms with Gasteiger partial charge in [0.05, 0.1) is 4.90 Å². The van der Waals surface area contributed by atoms with Crippen LogP contribution in [0.3, 0.4) is 0 Å². The zero-order valence-corrected chi connectivity index (χ0v) is 23.1. The summed E-state index contributed by atoms with van der Waals surface area (Å²) in [6.07, 6.45) is -0.0521. The molecule has 9 heteroatoms. The summed E-state index contributed by atoms with van der Waals surface area (Å²) < 4.78 is 28.5. The highest BCUT2D eigenvalue weighted by Gasteiger charge is 2.33. The highest BCUT2D eigenvalue weighted by atomic mass is 32.2. The first kappa shape index (κ1) is 28.5. The predicted octanol–water partition coefficient (Wildman–Crippen LogP) is 4.62. The average molecular weight is 558 g/mol. The fourth-order valence-corrected chi connectivity index (χ4v) is 5.50. The molecule has 2 N–H and O–H groups in total. The van der Waals surface area contributed by atoms with E-state index in [9.17, 15) is 22.8 Å². The summed E-state index contributed by atoms with van der Waals surface area (Å²) in [5.41, 5.74) is 1.57. The number of fused-ring (bicyclic) bond motifs is 1. The van der Waals surface area contributed by atoms with Gasteiger partial charge in [0, 0.05) is 24.3 Å². The SMILES string of the molecule is CCN(CC)C(=O)C(Cc1cccc(NC(=O)c2ccccc2)c1)C(=O)NS(=O)(=O)c1ccc2ccccc2c1. The molecule has 0 fully saturated rings. The summed E-state index contributed by atoms with van der Waals surface area (Å²) >= 11 is 0. The van der Waals surface area contributed by atoms with Crippen LogP contribution in [-0.4, -0.2) is 44.1 Å². The van der Waals surface area contributed by atoms with Gasteiger partial charge in [0.2, 0.25) is 11.8 Å². The van der Waals surface area contributed by atoms with Gasteiger partial charge < -0.3 is 10.2 Å². The number of carbonyl (C=O) groups excluding carboxylic acids is 3. The Labute approximate surface area is 234 Å². The molecule has 0 aliphatic heterocycles.